The van der Waals surface area contributed by atoms with Crippen molar-refractivity contribution >= 4 is 50.6 Å². The van der Waals surface area contributed by atoms with E-state index in [9.17, 15) is 9.59 Å². The standard InChI is InChI=1S/C18H18N6O3S3/c1-4-27-17(26)13-9(2)12-15(25)19-14(20-16(12)30-13)10(3)29-18-21-22-23-24(18)8-11-6-5-7-28-11/h5-7,10H,4,8H2,1-3H3,(H,19,20,25). The van der Waals surface area contributed by atoms with E-state index in [2.05, 4.69) is 25.5 Å². The van der Waals surface area contributed by atoms with Crippen molar-refractivity contribution < 1.29 is 9.53 Å². The van der Waals surface area contributed by atoms with E-state index in [-0.39, 0.29) is 17.4 Å². The molecular weight excluding hydrogens is 444 g/mol. The molecule has 1 atom stereocenters. The minimum atomic E-state index is -0.436. The van der Waals surface area contributed by atoms with E-state index in [1.54, 1.807) is 29.9 Å². The van der Waals surface area contributed by atoms with Crippen LogP contribution in [0.5, 0.6) is 0 Å². The van der Waals surface area contributed by atoms with Gasteiger partial charge in [0, 0.05) is 4.88 Å². The summed E-state index contributed by atoms with van der Waals surface area (Å²) in [5, 5.41) is 14.8. The largest absolute Gasteiger partial charge is 0.462 e. The number of aromatic nitrogens is 6. The maximum Gasteiger partial charge on any atom is 0.348 e. The number of carbonyl (C=O) groups is 1. The summed E-state index contributed by atoms with van der Waals surface area (Å²) < 4.78 is 6.81. The van der Waals surface area contributed by atoms with E-state index < -0.39 is 5.97 Å². The molecule has 4 aromatic heterocycles. The molecule has 0 aromatic carbocycles. The zero-order valence-corrected chi connectivity index (χ0v) is 18.9. The molecule has 0 fully saturated rings. The molecule has 4 rings (SSSR count). The SMILES string of the molecule is CCOC(=O)c1sc2nc(C(C)Sc3nnnn3Cc3cccs3)[nH]c(=O)c2c1C. The molecule has 0 radical (unpaired) electrons. The molecule has 156 valence electrons. The molecule has 0 aliphatic carbocycles. The van der Waals surface area contributed by atoms with Crippen LogP contribution in [0.15, 0.2) is 27.5 Å². The highest BCUT2D eigenvalue weighted by Crippen LogP contribution is 2.34. The number of aromatic amines is 1. The van der Waals surface area contributed by atoms with E-state index >= 15 is 0 Å². The van der Waals surface area contributed by atoms with Gasteiger partial charge in [0.15, 0.2) is 0 Å². The van der Waals surface area contributed by atoms with Crippen molar-refractivity contribution in [2.75, 3.05) is 6.61 Å². The molecule has 9 nitrogen and oxygen atoms in total. The van der Waals surface area contributed by atoms with Crippen molar-refractivity contribution in [3.05, 3.63) is 49.0 Å². The second kappa shape index (κ2) is 8.66. The number of fused-ring (bicyclic) bond motifs is 1. The van der Waals surface area contributed by atoms with E-state index in [4.69, 9.17) is 4.74 Å². The number of esters is 1. The van der Waals surface area contributed by atoms with Gasteiger partial charge < -0.3 is 9.72 Å². The fourth-order valence-corrected chi connectivity index (χ4v) is 5.50. The van der Waals surface area contributed by atoms with Crippen LogP contribution in [0.2, 0.25) is 0 Å². The Hall–Kier alpha value is -2.57. The number of thiophene rings is 2. The Morgan fingerprint density at radius 1 is 1.43 bits per heavy atom. The van der Waals surface area contributed by atoms with Crippen LogP contribution in [0.4, 0.5) is 0 Å². The monoisotopic (exact) mass is 462 g/mol. The van der Waals surface area contributed by atoms with E-state index in [1.165, 1.54) is 23.1 Å². The van der Waals surface area contributed by atoms with Crippen LogP contribution in [-0.2, 0) is 11.3 Å². The Bertz CT molecular complexity index is 1240. The van der Waals surface area contributed by atoms with Gasteiger partial charge in [-0.05, 0) is 48.2 Å². The molecule has 0 aliphatic heterocycles. The smallest absolute Gasteiger partial charge is 0.348 e. The van der Waals surface area contributed by atoms with Crippen LogP contribution < -0.4 is 5.56 Å². The first-order valence-electron chi connectivity index (χ1n) is 9.13. The highest BCUT2D eigenvalue weighted by Gasteiger charge is 2.22. The van der Waals surface area contributed by atoms with Gasteiger partial charge in [-0.1, -0.05) is 17.8 Å². The first-order chi connectivity index (χ1) is 14.5. The van der Waals surface area contributed by atoms with Gasteiger partial charge >= 0.3 is 5.97 Å². The number of carbonyl (C=O) groups excluding carboxylic acids is 1. The number of ether oxygens (including phenoxy) is 1. The number of thioether (sulfide) groups is 1. The molecule has 4 heterocycles. The van der Waals surface area contributed by atoms with Crippen LogP contribution in [-0.4, -0.2) is 42.8 Å². The van der Waals surface area contributed by atoms with Crippen LogP contribution in [0.1, 0.15) is 45.0 Å². The molecule has 1 unspecified atom stereocenters. The summed E-state index contributed by atoms with van der Waals surface area (Å²) in [6.07, 6.45) is 0. The fourth-order valence-electron chi connectivity index (χ4n) is 2.89. The van der Waals surface area contributed by atoms with Crippen LogP contribution in [0.3, 0.4) is 0 Å². The Balaban J connectivity index is 1.61. The summed E-state index contributed by atoms with van der Waals surface area (Å²) in [6.45, 7) is 6.25. The van der Waals surface area contributed by atoms with Crippen molar-refractivity contribution in [2.45, 2.75) is 37.7 Å². The number of hydrogen-bond acceptors (Lipinski definition) is 10. The lowest BCUT2D eigenvalue weighted by molar-refractivity contribution is 0.0531. The van der Waals surface area contributed by atoms with Gasteiger partial charge in [0.05, 0.1) is 23.8 Å². The number of rotatable bonds is 7. The normalized spacial score (nSPS) is 12.4. The maximum absolute atomic E-state index is 12.7. The molecule has 0 spiro atoms. The molecule has 0 aliphatic rings. The molecule has 0 amide bonds. The Morgan fingerprint density at radius 3 is 3.00 bits per heavy atom. The zero-order valence-electron chi connectivity index (χ0n) is 16.4. The topological polar surface area (TPSA) is 116 Å². The lowest BCUT2D eigenvalue weighted by Gasteiger charge is -2.10. The molecule has 1 N–H and O–H groups in total. The van der Waals surface area contributed by atoms with Gasteiger partial charge in [-0.15, -0.1) is 27.8 Å². The average molecular weight is 463 g/mol. The number of aryl methyl sites for hydroxylation is 1. The van der Waals surface area contributed by atoms with Crippen molar-refractivity contribution in [1.82, 2.24) is 30.2 Å². The summed E-state index contributed by atoms with van der Waals surface area (Å²) in [4.78, 5) is 34.4. The maximum atomic E-state index is 12.7. The van der Waals surface area contributed by atoms with Gasteiger partial charge in [0.1, 0.15) is 15.5 Å². The second-order valence-corrected chi connectivity index (χ2v) is 9.71. The van der Waals surface area contributed by atoms with Crippen molar-refractivity contribution in [3.63, 3.8) is 0 Å². The van der Waals surface area contributed by atoms with Gasteiger partial charge in [-0.25, -0.2) is 14.5 Å². The highest BCUT2D eigenvalue weighted by atomic mass is 32.2. The number of tetrazole rings is 1. The lowest BCUT2D eigenvalue weighted by Crippen LogP contribution is -2.13. The van der Waals surface area contributed by atoms with Crippen molar-refractivity contribution in [1.29, 1.82) is 0 Å². The van der Waals surface area contributed by atoms with E-state index in [0.717, 1.165) is 4.88 Å². The average Bonchev–Trinajstić information content (AvgIpc) is 3.44. The third-order valence-corrected chi connectivity index (χ3v) is 7.44. The van der Waals surface area contributed by atoms with Crippen molar-refractivity contribution in [3.8, 4) is 0 Å². The minimum Gasteiger partial charge on any atom is -0.462 e. The van der Waals surface area contributed by atoms with E-state index in [1.807, 2.05) is 24.4 Å². The summed E-state index contributed by atoms with van der Waals surface area (Å²) in [7, 11) is 0. The Kier molecular flexibility index (Phi) is 5.97. The summed E-state index contributed by atoms with van der Waals surface area (Å²) in [5.74, 6) is 0.0639. The molecular formula is C18H18N6O3S3. The minimum absolute atomic E-state index is 0.205. The molecule has 30 heavy (non-hydrogen) atoms. The summed E-state index contributed by atoms with van der Waals surface area (Å²) in [6, 6.07) is 4.01. The molecule has 0 saturated heterocycles. The molecule has 12 heteroatoms. The second-order valence-electron chi connectivity index (χ2n) is 6.37. The number of nitrogens with zero attached hydrogens (tertiary/aromatic N) is 5. The van der Waals surface area contributed by atoms with Crippen molar-refractivity contribution in [2.24, 2.45) is 0 Å². The first-order valence-corrected chi connectivity index (χ1v) is 11.7. The third kappa shape index (κ3) is 4.02. The highest BCUT2D eigenvalue weighted by molar-refractivity contribution is 7.99. The fraction of sp³-hybridized carbons (Fsp3) is 0.333. The lowest BCUT2D eigenvalue weighted by atomic mass is 10.2. The van der Waals surface area contributed by atoms with Gasteiger partial charge in [0.2, 0.25) is 5.16 Å². The molecule has 0 bridgehead atoms. The summed E-state index contributed by atoms with van der Waals surface area (Å²) >= 11 is 4.21. The Morgan fingerprint density at radius 2 is 2.27 bits per heavy atom. The number of nitrogens with one attached hydrogen (secondary N) is 1. The number of H-pyrrole nitrogens is 1. The van der Waals surface area contributed by atoms with Gasteiger partial charge in [-0.3, -0.25) is 4.79 Å². The quantitative estimate of drug-likeness (QED) is 0.328. The molecule has 4 aromatic rings. The summed E-state index contributed by atoms with van der Waals surface area (Å²) in [5.41, 5.74) is 0.318. The first kappa shape index (κ1) is 20.7. The van der Waals surface area contributed by atoms with Gasteiger partial charge in [0.25, 0.3) is 5.56 Å². The number of hydrogen-bond donors (Lipinski definition) is 1. The van der Waals surface area contributed by atoms with Gasteiger partial charge in [-0.2, -0.15) is 0 Å². The zero-order chi connectivity index (χ0) is 21.3. The third-order valence-electron chi connectivity index (χ3n) is 4.33. The van der Waals surface area contributed by atoms with Crippen LogP contribution in [0.25, 0.3) is 10.2 Å². The predicted molar refractivity (Wildman–Crippen MR) is 116 cm³/mol. The Labute approximate surface area is 183 Å². The van der Waals surface area contributed by atoms with Crippen LogP contribution in [0, 0.1) is 6.92 Å². The predicted octanol–water partition coefficient (Wildman–Crippen LogP) is 3.42. The van der Waals surface area contributed by atoms with E-state index in [0.29, 0.717) is 38.2 Å². The van der Waals surface area contributed by atoms with Crippen LogP contribution >= 0.6 is 34.4 Å². The molecule has 0 saturated carbocycles.